The molecule has 0 atom stereocenters. The molecule has 0 saturated carbocycles. The lowest BCUT2D eigenvalue weighted by atomic mass is 10.1. The lowest BCUT2D eigenvalue weighted by Gasteiger charge is -2.07. The van der Waals surface area contributed by atoms with Crippen LogP contribution in [0, 0.1) is 0 Å². The van der Waals surface area contributed by atoms with Gasteiger partial charge in [0, 0.05) is 19.0 Å². The van der Waals surface area contributed by atoms with Crippen molar-refractivity contribution in [3.8, 4) is 0 Å². The maximum atomic E-state index is 12.3. The smallest absolute Gasteiger partial charge is 0.348 e. The second-order valence-corrected chi connectivity index (χ2v) is 9.42. The summed E-state index contributed by atoms with van der Waals surface area (Å²) in [6.07, 6.45) is 5.60. The van der Waals surface area contributed by atoms with Crippen LogP contribution >= 0.6 is 11.3 Å². The molecule has 1 aliphatic rings. The number of carbonyl (C=O) groups is 1. The second kappa shape index (κ2) is 7.31. The summed E-state index contributed by atoms with van der Waals surface area (Å²) in [6, 6.07) is 4.80. The zero-order valence-electron chi connectivity index (χ0n) is 14.3. The van der Waals surface area contributed by atoms with Gasteiger partial charge in [-0.3, -0.25) is 0 Å². The van der Waals surface area contributed by atoms with Crippen LogP contribution in [0.2, 0.25) is 0 Å². The van der Waals surface area contributed by atoms with Crippen molar-refractivity contribution in [2.24, 2.45) is 0 Å². The number of esters is 1. The third kappa shape index (κ3) is 3.96. The Labute approximate surface area is 151 Å². The van der Waals surface area contributed by atoms with Gasteiger partial charge in [0.25, 0.3) is 10.0 Å². The van der Waals surface area contributed by atoms with Crippen molar-refractivity contribution < 1.29 is 22.4 Å². The first-order valence-electron chi connectivity index (χ1n) is 8.18. The molecule has 0 spiro atoms. The van der Waals surface area contributed by atoms with Gasteiger partial charge in [0.15, 0.2) is 0 Å². The van der Waals surface area contributed by atoms with Crippen LogP contribution in [-0.2, 0) is 34.2 Å². The Balaban J connectivity index is 1.64. The van der Waals surface area contributed by atoms with Gasteiger partial charge in [0.05, 0.1) is 0 Å². The lowest BCUT2D eigenvalue weighted by molar-refractivity contribution is 0.0446. The molecule has 0 fully saturated rings. The molecule has 0 N–H and O–H groups in total. The number of sulfonamides is 1. The molecule has 0 amide bonds. The van der Waals surface area contributed by atoms with Crippen molar-refractivity contribution in [2.75, 3.05) is 14.1 Å². The Hall–Kier alpha value is -1.64. The van der Waals surface area contributed by atoms with Crippen molar-refractivity contribution in [3.63, 3.8) is 0 Å². The molecule has 3 rings (SSSR count). The summed E-state index contributed by atoms with van der Waals surface area (Å²) < 4.78 is 35.6. The SMILES string of the molecule is CN(C)S(=O)(=O)c1ccc(COC(=O)c2cc3c(s2)CCCCC3)o1. The molecule has 6 nitrogen and oxygen atoms in total. The van der Waals surface area contributed by atoms with Crippen LogP contribution < -0.4 is 0 Å². The fourth-order valence-corrected chi connectivity index (χ4v) is 4.69. The number of carbonyl (C=O) groups excluding carboxylic acids is 1. The summed E-state index contributed by atoms with van der Waals surface area (Å²) in [5, 5.41) is -0.161. The quantitative estimate of drug-likeness (QED) is 0.585. The molecule has 0 bridgehead atoms. The number of thiophene rings is 1. The molecule has 0 radical (unpaired) electrons. The van der Waals surface area contributed by atoms with Crippen molar-refractivity contribution >= 4 is 27.3 Å². The van der Waals surface area contributed by atoms with Crippen molar-refractivity contribution in [1.82, 2.24) is 4.31 Å². The van der Waals surface area contributed by atoms with E-state index in [-0.39, 0.29) is 11.7 Å². The third-order valence-electron chi connectivity index (χ3n) is 4.17. The first kappa shape index (κ1) is 18.2. The number of hydrogen-bond acceptors (Lipinski definition) is 6. The Morgan fingerprint density at radius 2 is 2.00 bits per heavy atom. The molecule has 1 aliphatic carbocycles. The zero-order chi connectivity index (χ0) is 18.0. The highest BCUT2D eigenvalue weighted by Gasteiger charge is 2.22. The lowest BCUT2D eigenvalue weighted by Crippen LogP contribution is -2.21. The molecule has 0 saturated heterocycles. The highest BCUT2D eigenvalue weighted by Crippen LogP contribution is 2.29. The summed E-state index contributed by atoms with van der Waals surface area (Å²) in [4.78, 5) is 14.1. The maximum absolute atomic E-state index is 12.3. The molecule has 0 unspecified atom stereocenters. The monoisotopic (exact) mass is 383 g/mol. The Morgan fingerprint density at radius 1 is 1.24 bits per heavy atom. The van der Waals surface area contributed by atoms with E-state index in [1.807, 2.05) is 6.07 Å². The number of aryl methyl sites for hydroxylation is 2. The number of rotatable bonds is 5. The first-order chi connectivity index (χ1) is 11.9. The summed E-state index contributed by atoms with van der Waals surface area (Å²) in [5.74, 6) is -0.0987. The standard InChI is InChI=1S/C17H21NO5S2/c1-18(2)25(20,21)16-9-8-13(23-16)11-22-17(19)15-10-12-6-4-3-5-7-14(12)24-15/h8-10H,3-7,11H2,1-2H3. The van der Waals surface area contributed by atoms with Crippen LogP contribution in [0.15, 0.2) is 27.7 Å². The minimum atomic E-state index is -3.62. The van der Waals surface area contributed by atoms with Gasteiger partial charge in [-0.2, -0.15) is 0 Å². The number of ether oxygens (including phenoxy) is 1. The summed E-state index contributed by atoms with van der Waals surface area (Å²) in [7, 11) is -0.766. The van der Waals surface area contributed by atoms with Gasteiger partial charge in [-0.1, -0.05) is 6.42 Å². The molecule has 2 heterocycles. The van der Waals surface area contributed by atoms with Crippen molar-refractivity contribution in [1.29, 1.82) is 0 Å². The maximum Gasteiger partial charge on any atom is 0.348 e. The zero-order valence-corrected chi connectivity index (χ0v) is 15.9. The largest absolute Gasteiger partial charge is 0.453 e. The van der Waals surface area contributed by atoms with Gasteiger partial charge in [-0.25, -0.2) is 17.5 Å². The third-order valence-corrected chi connectivity index (χ3v) is 7.07. The van der Waals surface area contributed by atoms with Crippen LogP contribution in [0.25, 0.3) is 0 Å². The highest BCUT2D eigenvalue weighted by atomic mass is 32.2. The topological polar surface area (TPSA) is 76.8 Å². The van der Waals surface area contributed by atoms with Crippen LogP contribution in [0.3, 0.4) is 0 Å². The van der Waals surface area contributed by atoms with Crippen LogP contribution in [0.4, 0.5) is 0 Å². The summed E-state index contributed by atoms with van der Waals surface area (Å²) >= 11 is 1.50. The van der Waals surface area contributed by atoms with E-state index in [1.54, 1.807) is 0 Å². The van der Waals surface area contributed by atoms with Gasteiger partial charge in [-0.15, -0.1) is 11.3 Å². The van der Waals surface area contributed by atoms with E-state index in [0.29, 0.717) is 10.6 Å². The minimum absolute atomic E-state index is 0.0929. The van der Waals surface area contributed by atoms with Gasteiger partial charge in [0.2, 0.25) is 5.09 Å². The predicted octanol–water partition coefficient (Wildman–Crippen LogP) is 3.22. The molecule has 2 aromatic rings. The number of nitrogens with zero attached hydrogens (tertiary/aromatic N) is 1. The molecule has 0 aromatic carbocycles. The van der Waals surface area contributed by atoms with Gasteiger partial charge >= 0.3 is 5.97 Å². The Bertz CT molecular complexity index is 840. The normalized spacial score (nSPS) is 15.0. The molecular formula is C17H21NO5S2. The Kier molecular flexibility index (Phi) is 5.31. The second-order valence-electron chi connectivity index (χ2n) is 6.20. The summed E-state index contributed by atoms with van der Waals surface area (Å²) in [6.45, 7) is -0.0929. The predicted molar refractivity (Wildman–Crippen MR) is 94.3 cm³/mol. The fraction of sp³-hybridized carbons (Fsp3) is 0.471. The Morgan fingerprint density at radius 3 is 2.76 bits per heavy atom. The van der Waals surface area contributed by atoms with E-state index in [2.05, 4.69) is 0 Å². The van der Waals surface area contributed by atoms with E-state index in [9.17, 15) is 13.2 Å². The molecular weight excluding hydrogens is 362 g/mol. The van der Waals surface area contributed by atoms with Crippen LogP contribution in [0.1, 0.15) is 45.1 Å². The molecule has 25 heavy (non-hydrogen) atoms. The van der Waals surface area contributed by atoms with Gasteiger partial charge in [-0.05, 0) is 49.4 Å². The van der Waals surface area contributed by atoms with Crippen LogP contribution in [0.5, 0.6) is 0 Å². The molecule has 2 aromatic heterocycles. The number of hydrogen-bond donors (Lipinski definition) is 0. The van der Waals surface area contributed by atoms with E-state index in [4.69, 9.17) is 9.15 Å². The number of furan rings is 1. The van der Waals surface area contributed by atoms with E-state index in [0.717, 1.165) is 30.0 Å². The van der Waals surface area contributed by atoms with E-state index < -0.39 is 16.0 Å². The number of fused-ring (bicyclic) bond motifs is 1. The van der Waals surface area contributed by atoms with Crippen molar-refractivity contribution in [2.45, 2.75) is 43.8 Å². The summed E-state index contributed by atoms with van der Waals surface area (Å²) in [5.41, 5.74) is 1.26. The average molecular weight is 383 g/mol. The average Bonchev–Trinajstić information content (AvgIpc) is 3.15. The van der Waals surface area contributed by atoms with E-state index in [1.165, 1.54) is 54.4 Å². The van der Waals surface area contributed by atoms with Gasteiger partial charge < -0.3 is 9.15 Å². The van der Waals surface area contributed by atoms with Crippen LogP contribution in [-0.4, -0.2) is 32.8 Å². The van der Waals surface area contributed by atoms with E-state index >= 15 is 0 Å². The molecule has 136 valence electrons. The fourth-order valence-electron chi connectivity index (χ4n) is 2.73. The molecule has 0 aliphatic heterocycles. The molecule has 8 heteroatoms. The first-order valence-corrected chi connectivity index (χ1v) is 10.4. The van der Waals surface area contributed by atoms with Crippen molar-refractivity contribution in [3.05, 3.63) is 39.3 Å². The minimum Gasteiger partial charge on any atom is -0.453 e. The highest BCUT2D eigenvalue weighted by molar-refractivity contribution is 7.88. The van der Waals surface area contributed by atoms with Gasteiger partial charge in [0.1, 0.15) is 17.2 Å².